The molecule has 0 saturated heterocycles. The summed E-state index contributed by atoms with van der Waals surface area (Å²) in [4.78, 5) is 21.6. The maximum Gasteiger partial charge on any atom is 0.272 e. The molecule has 1 N–H and O–H groups in total. The van der Waals surface area contributed by atoms with E-state index in [0.29, 0.717) is 5.75 Å². The van der Waals surface area contributed by atoms with Crippen molar-refractivity contribution in [3.05, 3.63) is 34.9 Å². The number of ether oxygens (including phenoxy) is 1. The van der Waals surface area contributed by atoms with E-state index < -0.39 is 17.6 Å². The lowest BCUT2D eigenvalue weighted by Crippen LogP contribution is -2.49. The lowest BCUT2D eigenvalue weighted by molar-refractivity contribution is -0.125. The Morgan fingerprint density at radius 2 is 2.26 bits per heavy atom. The van der Waals surface area contributed by atoms with Crippen LogP contribution in [0.3, 0.4) is 0 Å². The van der Waals surface area contributed by atoms with Crippen LogP contribution < -0.4 is 10.1 Å². The number of hydrogen-bond donors (Lipinski definition) is 1. The van der Waals surface area contributed by atoms with Gasteiger partial charge in [-0.2, -0.15) is 0 Å². The highest BCUT2D eigenvalue weighted by Crippen LogP contribution is 2.24. The van der Waals surface area contributed by atoms with Crippen molar-refractivity contribution in [1.29, 1.82) is 0 Å². The van der Waals surface area contributed by atoms with Gasteiger partial charge in [0.15, 0.2) is 0 Å². The van der Waals surface area contributed by atoms with Crippen LogP contribution in [0.15, 0.2) is 40.1 Å². The van der Waals surface area contributed by atoms with Crippen LogP contribution in [0.25, 0.3) is 10.9 Å². The molecule has 1 unspecified atom stereocenters. The summed E-state index contributed by atoms with van der Waals surface area (Å²) >= 11 is 4.66. The predicted octanol–water partition coefficient (Wildman–Crippen LogP) is 3.93. The van der Waals surface area contributed by atoms with Gasteiger partial charge in [-0.05, 0) is 60.3 Å². The molecule has 0 aliphatic rings. The second-order valence-corrected chi connectivity index (χ2v) is 7.98. The topological polar surface area (TPSA) is 72.8 Å². The number of carbonyl (C=O) groups excluding carboxylic acids is 1. The normalized spacial score (nSPS) is 12.9. The molecule has 1 aromatic carbocycles. The first-order valence-electron chi connectivity index (χ1n) is 8.14. The SMILES string of the molecule is CSC(Oc1ccc2ncc(Br)cc2c1)C(=O)NC(C)(C)C=NOCCF. The van der Waals surface area contributed by atoms with E-state index in [-0.39, 0.29) is 12.5 Å². The van der Waals surface area contributed by atoms with Gasteiger partial charge in [0.25, 0.3) is 5.91 Å². The van der Waals surface area contributed by atoms with E-state index in [2.05, 4.69) is 31.4 Å². The summed E-state index contributed by atoms with van der Waals surface area (Å²) in [6.45, 7) is 2.77. The highest BCUT2D eigenvalue weighted by Gasteiger charge is 2.26. The summed E-state index contributed by atoms with van der Waals surface area (Å²) in [7, 11) is 0. The van der Waals surface area contributed by atoms with Crippen LogP contribution >= 0.6 is 27.7 Å². The number of aromatic nitrogens is 1. The molecule has 0 saturated carbocycles. The van der Waals surface area contributed by atoms with Crippen molar-refractivity contribution in [2.75, 3.05) is 19.5 Å². The Balaban J connectivity index is 2.05. The average molecular weight is 458 g/mol. The summed E-state index contributed by atoms with van der Waals surface area (Å²) in [5, 5.41) is 7.38. The highest BCUT2D eigenvalue weighted by atomic mass is 79.9. The number of fused-ring (bicyclic) bond motifs is 1. The zero-order valence-corrected chi connectivity index (χ0v) is 17.6. The maximum absolute atomic E-state index is 12.6. The molecule has 27 heavy (non-hydrogen) atoms. The molecule has 0 aliphatic heterocycles. The van der Waals surface area contributed by atoms with Crippen molar-refractivity contribution >= 4 is 50.7 Å². The molecule has 1 amide bonds. The van der Waals surface area contributed by atoms with Gasteiger partial charge in [0.1, 0.15) is 19.0 Å². The smallest absolute Gasteiger partial charge is 0.272 e. The molecule has 1 heterocycles. The molecule has 0 fully saturated rings. The molecule has 146 valence electrons. The number of alkyl halides is 1. The van der Waals surface area contributed by atoms with Crippen LogP contribution in [0, 0.1) is 0 Å². The molecule has 1 atom stereocenters. The monoisotopic (exact) mass is 457 g/mol. The number of amides is 1. The van der Waals surface area contributed by atoms with Gasteiger partial charge in [-0.25, -0.2) is 4.39 Å². The summed E-state index contributed by atoms with van der Waals surface area (Å²) in [5.41, 5.74) is -0.688. The molecule has 2 aromatic rings. The fourth-order valence-electron chi connectivity index (χ4n) is 2.15. The zero-order valence-electron chi connectivity index (χ0n) is 15.2. The van der Waals surface area contributed by atoms with Crippen LogP contribution in [-0.2, 0) is 9.63 Å². The van der Waals surface area contributed by atoms with E-state index in [1.165, 1.54) is 18.0 Å². The molecular formula is C18H21BrFN3O3S. The van der Waals surface area contributed by atoms with Crippen molar-refractivity contribution in [2.24, 2.45) is 5.16 Å². The van der Waals surface area contributed by atoms with Crippen LogP contribution in [0.1, 0.15) is 13.8 Å². The van der Waals surface area contributed by atoms with Gasteiger partial charge in [0, 0.05) is 16.1 Å². The summed E-state index contributed by atoms with van der Waals surface area (Å²) in [5.74, 6) is 0.256. The van der Waals surface area contributed by atoms with Gasteiger partial charge in [-0.15, -0.1) is 11.8 Å². The third-order valence-electron chi connectivity index (χ3n) is 3.35. The first-order valence-corrected chi connectivity index (χ1v) is 10.2. The third kappa shape index (κ3) is 6.66. The lowest BCUT2D eigenvalue weighted by atomic mass is 10.1. The number of rotatable bonds is 9. The number of nitrogens with zero attached hydrogens (tertiary/aromatic N) is 2. The molecule has 0 aliphatic carbocycles. The standard InChI is InChI=1S/C18H21BrFN3O3S/c1-18(2,11-22-25-7-6-20)23-16(24)17(27-3)26-14-4-5-15-12(9-14)8-13(19)10-21-15/h4-5,8-11,17H,6-7H2,1-3H3,(H,23,24). The van der Waals surface area contributed by atoms with Crippen molar-refractivity contribution in [3.63, 3.8) is 0 Å². The van der Waals surface area contributed by atoms with E-state index >= 15 is 0 Å². The zero-order chi connectivity index (χ0) is 19.9. The van der Waals surface area contributed by atoms with E-state index in [1.807, 2.05) is 18.2 Å². The molecule has 1 aromatic heterocycles. The van der Waals surface area contributed by atoms with Crippen molar-refractivity contribution in [3.8, 4) is 5.75 Å². The Morgan fingerprint density at radius 1 is 1.48 bits per heavy atom. The second-order valence-electron chi connectivity index (χ2n) is 6.16. The first-order chi connectivity index (χ1) is 12.8. The fraction of sp³-hybridized carbons (Fsp3) is 0.389. The minimum atomic E-state index is -0.775. The van der Waals surface area contributed by atoms with Gasteiger partial charge in [0.2, 0.25) is 5.44 Å². The summed E-state index contributed by atoms with van der Waals surface area (Å²) in [6, 6.07) is 7.38. The Hall–Kier alpha value is -1.87. The third-order valence-corrected chi connectivity index (χ3v) is 4.53. The molecule has 0 spiro atoms. The van der Waals surface area contributed by atoms with E-state index in [0.717, 1.165) is 15.4 Å². The number of hydrogen-bond acceptors (Lipinski definition) is 6. The molecule has 0 radical (unpaired) electrons. The molecular weight excluding hydrogens is 437 g/mol. The van der Waals surface area contributed by atoms with Crippen LogP contribution in [0.2, 0.25) is 0 Å². The lowest BCUT2D eigenvalue weighted by Gasteiger charge is -2.24. The second kappa shape index (κ2) is 9.89. The number of carbonyl (C=O) groups is 1. The van der Waals surface area contributed by atoms with Gasteiger partial charge in [-0.1, -0.05) is 5.16 Å². The van der Waals surface area contributed by atoms with E-state index in [9.17, 15) is 9.18 Å². The maximum atomic E-state index is 12.6. The number of benzene rings is 1. The van der Waals surface area contributed by atoms with Crippen molar-refractivity contribution < 1.29 is 18.8 Å². The summed E-state index contributed by atoms with van der Waals surface area (Å²) < 4.78 is 18.7. The number of oxime groups is 1. The molecule has 2 rings (SSSR count). The van der Waals surface area contributed by atoms with Gasteiger partial charge >= 0.3 is 0 Å². The largest absolute Gasteiger partial charge is 0.470 e. The van der Waals surface area contributed by atoms with Gasteiger partial charge < -0.3 is 14.9 Å². The highest BCUT2D eigenvalue weighted by molar-refractivity contribution is 9.10. The first kappa shape index (κ1) is 21.4. The minimum absolute atomic E-state index is 0.121. The Kier molecular flexibility index (Phi) is 7.85. The average Bonchev–Trinajstić information content (AvgIpc) is 2.62. The fourth-order valence-corrected chi connectivity index (χ4v) is 2.98. The van der Waals surface area contributed by atoms with Gasteiger partial charge in [-0.3, -0.25) is 9.78 Å². The van der Waals surface area contributed by atoms with Crippen LogP contribution in [0.4, 0.5) is 4.39 Å². The minimum Gasteiger partial charge on any atom is -0.470 e. The number of thioether (sulfide) groups is 1. The number of nitrogens with one attached hydrogen (secondary N) is 1. The van der Waals surface area contributed by atoms with E-state index in [4.69, 9.17) is 9.57 Å². The van der Waals surface area contributed by atoms with E-state index in [1.54, 1.807) is 32.4 Å². The van der Waals surface area contributed by atoms with Gasteiger partial charge in [0.05, 0.1) is 17.3 Å². The quantitative estimate of drug-likeness (QED) is 0.267. The Bertz CT molecular complexity index is 820. The molecule has 6 nitrogen and oxygen atoms in total. The van der Waals surface area contributed by atoms with Crippen molar-refractivity contribution in [2.45, 2.75) is 24.8 Å². The summed E-state index contributed by atoms with van der Waals surface area (Å²) in [6.07, 6.45) is 4.92. The number of pyridine rings is 1. The Labute approximate surface area is 170 Å². The van der Waals surface area contributed by atoms with Crippen molar-refractivity contribution in [1.82, 2.24) is 10.3 Å². The number of halogens is 2. The predicted molar refractivity (Wildman–Crippen MR) is 110 cm³/mol. The van der Waals surface area contributed by atoms with Crippen LogP contribution in [0.5, 0.6) is 5.75 Å². The Morgan fingerprint density at radius 3 is 2.96 bits per heavy atom. The molecule has 0 bridgehead atoms. The van der Waals surface area contributed by atoms with Crippen LogP contribution in [-0.4, -0.2) is 47.6 Å². The molecule has 9 heteroatoms.